The molecule has 0 aliphatic heterocycles. The van der Waals surface area contributed by atoms with E-state index in [1.165, 1.54) is 12.1 Å². The van der Waals surface area contributed by atoms with Crippen LogP contribution in [-0.4, -0.2) is 0 Å². The summed E-state index contributed by atoms with van der Waals surface area (Å²) in [4.78, 5) is 0. The van der Waals surface area contributed by atoms with Crippen LogP contribution in [0, 0.1) is 23.3 Å². The summed E-state index contributed by atoms with van der Waals surface area (Å²) in [6.07, 6.45) is 0. The van der Waals surface area contributed by atoms with Gasteiger partial charge in [0.15, 0.2) is 0 Å². The molecule has 0 heterocycles. The molecular formula is C14H11F4N. The molecule has 0 radical (unpaired) electrons. The summed E-state index contributed by atoms with van der Waals surface area (Å²) >= 11 is 0. The molecule has 0 saturated carbocycles. The van der Waals surface area contributed by atoms with Gasteiger partial charge in [-0.2, -0.15) is 0 Å². The van der Waals surface area contributed by atoms with E-state index in [0.717, 1.165) is 24.3 Å². The Kier molecular flexibility index (Phi) is 4.16. The Hall–Kier alpha value is -1.88. The summed E-state index contributed by atoms with van der Waals surface area (Å²) in [7, 11) is 0. The smallest absolute Gasteiger partial charge is 0.130 e. The zero-order chi connectivity index (χ0) is 13.8. The van der Waals surface area contributed by atoms with Gasteiger partial charge in [0, 0.05) is 36.3 Å². The lowest BCUT2D eigenvalue weighted by molar-refractivity contribution is 0.547. The van der Waals surface area contributed by atoms with Crippen LogP contribution in [0.1, 0.15) is 11.1 Å². The fraction of sp³-hybridized carbons (Fsp3) is 0.143. The normalized spacial score (nSPS) is 10.7. The maximum Gasteiger partial charge on any atom is 0.130 e. The van der Waals surface area contributed by atoms with Crippen molar-refractivity contribution in [3.63, 3.8) is 0 Å². The summed E-state index contributed by atoms with van der Waals surface area (Å²) in [5, 5.41) is 2.81. The maximum atomic E-state index is 13.3. The van der Waals surface area contributed by atoms with Crippen molar-refractivity contribution >= 4 is 0 Å². The van der Waals surface area contributed by atoms with Gasteiger partial charge in [-0.25, -0.2) is 17.6 Å². The highest BCUT2D eigenvalue weighted by molar-refractivity contribution is 5.20. The molecule has 1 nitrogen and oxygen atoms in total. The molecule has 0 unspecified atom stereocenters. The van der Waals surface area contributed by atoms with Crippen molar-refractivity contribution in [3.8, 4) is 0 Å². The van der Waals surface area contributed by atoms with E-state index in [4.69, 9.17) is 0 Å². The van der Waals surface area contributed by atoms with Crippen LogP contribution in [0.3, 0.4) is 0 Å². The van der Waals surface area contributed by atoms with Crippen LogP contribution in [-0.2, 0) is 13.1 Å². The van der Waals surface area contributed by atoms with Gasteiger partial charge in [0.1, 0.15) is 23.3 Å². The minimum absolute atomic E-state index is 0.128. The molecule has 1 N–H and O–H groups in total. The van der Waals surface area contributed by atoms with E-state index >= 15 is 0 Å². The molecule has 0 spiro atoms. The van der Waals surface area contributed by atoms with E-state index in [1.807, 2.05) is 0 Å². The maximum absolute atomic E-state index is 13.3. The number of hydrogen-bond donors (Lipinski definition) is 1. The van der Waals surface area contributed by atoms with E-state index in [0.29, 0.717) is 0 Å². The first-order chi connectivity index (χ1) is 9.06. The highest BCUT2D eigenvalue weighted by atomic mass is 19.1. The average Bonchev–Trinajstić information content (AvgIpc) is 2.34. The van der Waals surface area contributed by atoms with Gasteiger partial charge in [0.25, 0.3) is 0 Å². The van der Waals surface area contributed by atoms with Gasteiger partial charge in [-0.05, 0) is 12.1 Å². The molecule has 0 aliphatic rings. The molecular weight excluding hydrogens is 258 g/mol. The van der Waals surface area contributed by atoms with Crippen molar-refractivity contribution in [1.82, 2.24) is 5.32 Å². The molecule has 2 aromatic carbocycles. The number of halogens is 4. The molecule has 0 amide bonds. The Morgan fingerprint density at radius 1 is 0.684 bits per heavy atom. The summed E-state index contributed by atoms with van der Waals surface area (Å²) in [5.41, 5.74) is 0.563. The quantitative estimate of drug-likeness (QED) is 0.837. The number of rotatable bonds is 4. The summed E-state index contributed by atoms with van der Waals surface area (Å²) in [6, 6.07) is 6.51. The average molecular weight is 269 g/mol. The SMILES string of the molecule is Fc1ccc(CNCc2ccc(F)cc2F)c(F)c1. The van der Waals surface area contributed by atoms with Crippen LogP contribution in [0.25, 0.3) is 0 Å². The molecule has 100 valence electrons. The predicted molar refractivity (Wildman–Crippen MR) is 63.3 cm³/mol. The predicted octanol–water partition coefficient (Wildman–Crippen LogP) is 3.53. The topological polar surface area (TPSA) is 12.0 Å². The first-order valence-electron chi connectivity index (χ1n) is 5.65. The van der Waals surface area contributed by atoms with E-state index in [-0.39, 0.29) is 24.2 Å². The van der Waals surface area contributed by atoms with Crippen LogP contribution in [0.2, 0.25) is 0 Å². The third-order valence-corrected chi connectivity index (χ3v) is 2.66. The third kappa shape index (κ3) is 3.54. The van der Waals surface area contributed by atoms with E-state index in [9.17, 15) is 17.6 Å². The number of nitrogens with one attached hydrogen (secondary N) is 1. The lowest BCUT2D eigenvalue weighted by Crippen LogP contribution is -2.14. The van der Waals surface area contributed by atoms with Crippen LogP contribution in [0.5, 0.6) is 0 Å². The molecule has 0 saturated heterocycles. The second kappa shape index (κ2) is 5.84. The summed E-state index contributed by atoms with van der Waals surface area (Å²) < 4.78 is 52.0. The Morgan fingerprint density at radius 3 is 1.47 bits per heavy atom. The largest absolute Gasteiger partial charge is 0.308 e. The van der Waals surface area contributed by atoms with Crippen molar-refractivity contribution in [3.05, 3.63) is 70.8 Å². The lowest BCUT2D eigenvalue weighted by atomic mass is 10.2. The van der Waals surface area contributed by atoms with E-state index in [1.54, 1.807) is 0 Å². The Labute approximate surface area is 107 Å². The van der Waals surface area contributed by atoms with Crippen molar-refractivity contribution in [2.24, 2.45) is 0 Å². The monoisotopic (exact) mass is 269 g/mol. The van der Waals surface area contributed by atoms with Gasteiger partial charge in [-0.1, -0.05) is 12.1 Å². The minimum atomic E-state index is -0.660. The van der Waals surface area contributed by atoms with Crippen molar-refractivity contribution in [2.75, 3.05) is 0 Å². The number of hydrogen-bond acceptors (Lipinski definition) is 1. The van der Waals surface area contributed by atoms with Crippen LogP contribution >= 0.6 is 0 Å². The summed E-state index contributed by atoms with van der Waals surface area (Å²) in [5.74, 6) is -2.61. The zero-order valence-electron chi connectivity index (χ0n) is 9.89. The van der Waals surface area contributed by atoms with Gasteiger partial charge in [-0.3, -0.25) is 0 Å². The molecule has 2 rings (SSSR count). The molecule has 0 aliphatic carbocycles. The molecule has 19 heavy (non-hydrogen) atoms. The van der Waals surface area contributed by atoms with Crippen LogP contribution < -0.4 is 5.32 Å². The standard InChI is InChI=1S/C14H11F4N/c15-11-3-1-9(13(17)5-11)7-19-8-10-2-4-12(16)6-14(10)18/h1-6,19H,7-8H2. The van der Waals surface area contributed by atoms with Gasteiger partial charge >= 0.3 is 0 Å². The van der Waals surface area contributed by atoms with Crippen molar-refractivity contribution in [1.29, 1.82) is 0 Å². The van der Waals surface area contributed by atoms with E-state index < -0.39 is 23.3 Å². The second-order valence-corrected chi connectivity index (χ2v) is 4.08. The molecule has 0 aromatic heterocycles. The Balaban J connectivity index is 1.96. The zero-order valence-corrected chi connectivity index (χ0v) is 9.89. The van der Waals surface area contributed by atoms with Crippen LogP contribution in [0.4, 0.5) is 17.6 Å². The molecule has 0 atom stereocenters. The fourth-order valence-electron chi connectivity index (χ4n) is 1.66. The first kappa shape index (κ1) is 13.5. The Morgan fingerprint density at radius 2 is 1.11 bits per heavy atom. The molecule has 2 aromatic rings. The highest BCUT2D eigenvalue weighted by Crippen LogP contribution is 2.11. The molecule has 0 bridgehead atoms. The molecule has 0 fully saturated rings. The van der Waals surface area contributed by atoms with Gasteiger partial charge in [-0.15, -0.1) is 0 Å². The minimum Gasteiger partial charge on any atom is -0.308 e. The van der Waals surface area contributed by atoms with E-state index in [2.05, 4.69) is 5.32 Å². The summed E-state index contributed by atoms with van der Waals surface area (Å²) in [6.45, 7) is 0.256. The molecule has 5 heteroatoms. The van der Waals surface area contributed by atoms with Gasteiger partial charge < -0.3 is 5.32 Å². The Bertz CT molecular complexity index is 532. The highest BCUT2D eigenvalue weighted by Gasteiger charge is 2.06. The lowest BCUT2D eigenvalue weighted by Gasteiger charge is -2.07. The van der Waals surface area contributed by atoms with Gasteiger partial charge in [0.2, 0.25) is 0 Å². The van der Waals surface area contributed by atoms with Gasteiger partial charge in [0.05, 0.1) is 0 Å². The van der Waals surface area contributed by atoms with Crippen molar-refractivity contribution < 1.29 is 17.6 Å². The number of benzene rings is 2. The first-order valence-corrected chi connectivity index (χ1v) is 5.65. The second-order valence-electron chi connectivity index (χ2n) is 4.08. The third-order valence-electron chi connectivity index (χ3n) is 2.66. The fourth-order valence-corrected chi connectivity index (χ4v) is 1.66. The van der Waals surface area contributed by atoms with Crippen LogP contribution in [0.15, 0.2) is 36.4 Å². The van der Waals surface area contributed by atoms with Crippen molar-refractivity contribution in [2.45, 2.75) is 13.1 Å².